The lowest BCUT2D eigenvalue weighted by atomic mass is 10.0. The monoisotopic (exact) mass is 446 g/mol. The van der Waals surface area contributed by atoms with E-state index in [1.807, 2.05) is 19.2 Å². The Hall–Kier alpha value is -1.02. The van der Waals surface area contributed by atoms with Crippen molar-refractivity contribution in [1.82, 2.24) is 15.5 Å². The molecule has 1 aliphatic carbocycles. The number of rotatable bonds is 6. The van der Waals surface area contributed by atoms with Crippen LogP contribution in [-0.4, -0.2) is 51.7 Å². The number of likely N-dealkylation sites (N-methyl/N-ethyl adjacent to an activating group) is 1. The van der Waals surface area contributed by atoms with E-state index in [1.54, 1.807) is 7.11 Å². The summed E-state index contributed by atoms with van der Waals surface area (Å²) in [5.74, 6) is 1.81. The first kappa shape index (κ1) is 21.0. The molecule has 1 unspecified atom stereocenters. The maximum atomic E-state index is 5.52. The molecule has 1 fully saturated rings. The van der Waals surface area contributed by atoms with Crippen LogP contribution in [0.15, 0.2) is 29.3 Å². The average Bonchev–Trinajstić information content (AvgIpc) is 3.07. The van der Waals surface area contributed by atoms with E-state index in [0.717, 1.165) is 18.3 Å². The summed E-state index contributed by atoms with van der Waals surface area (Å²) in [6, 6.07) is 8.97. The Morgan fingerprint density at radius 1 is 1.29 bits per heavy atom. The summed E-state index contributed by atoms with van der Waals surface area (Å²) in [5.41, 5.74) is 1.18. The highest BCUT2D eigenvalue weighted by atomic mass is 127. The van der Waals surface area contributed by atoms with Gasteiger partial charge in [-0.25, -0.2) is 0 Å². The predicted octanol–water partition coefficient (Wildman–Crippen LogP) is 3.02. The zero-order valence-electron chi connectivity index (χ0n) is 15.2. The molecule has 1 aromatic carbocycles. The Labute approximate surface area is 163 Å². The van der Waals surface area contributed by atoms with Gasteiger partial charge in [-0.2, -0.15) is 0 Å². The van der Waals surface area contributed by atoms with Gasteiger partial charge in [0.2, 0.25) is 0 Å². The zero-order chi connectivity index (χ0) is 16.7. The average molecular weight is 446 g/mol. The fourth-order valence-corrected chi connectivity index (χ4v) is 3.16. The van der Waals surface area contributed by atoms with E-state index in [2.05, 4.69) is 46.8 Å². The molecule has 1 aliphatic rings. The van der Waals surface area contributed by atoms with Gasteiger partial charge >= 0.3 is 0 Å². The first-order valence-electron chi connectivity index (χ1n) is 8.42. The zero-order valence-corrected chi connectivity index (χ0v) is 17.5. The number of guanidine groups is 1. The first-order chi connectivity index (χ1) is 11.2. The summed E-state index contributed by atoms with van der Waals surface area (Å²) >= 11 is 0. The van der Waals surface area contributed by atoms with E-state index in [-0.39, 0.29) is 30.0 Å². The number of ether oxygens (including phenoxy) is 1. The molecular weight excluding hydrogens is 415 g/mol. The number of aliphatic imine (C=N–C) groups is 1. The fourth-order valence-electron chi connectivity index (χ4n) is 3.16. The second-order valence-corrected chi connectivity index (χ2v) is 6.30. The third kappa shape index (κ3) is 5.81. The minimum atomic E-state index is 0. The van der Waals surface area contributed by atoms with Crippen molar-refractivity contribution in [2.45, 2.75) is 37.8 Å². The first-order valence-corrected chi connectivity index (χ1v) is 8.42. The molecule has 0 heterocycles. The summed E-state index contributed by atoms with van der Waals surface area (Å²) in [6.07, 6.45) is 5.11. The Morgan fingerprint density at radius 2 is 1.96 bits per heavy atom. The molecule has 0 aliphatic heterocycles. The van der Waals surface area contributed by atoms with Crippen molar-refractivity contribution < 1.29 is 4.74 Å². The number of benzene rings is 1. The maximum Gasteiger partial charge on any atom is 0.191 e. The standard InChI is InChI=1S/C18H30N4O.HI/c1-19-18(21-14-9-5-6-10-14)20-13-16(22(2)3)15-11-7-8-12-17(15)23-4;/h7-8,11-12,14,16H,5-6,9-10,13H2,1-4H3,(H2,19,20,21);1H. The minimum Gasteiger partial charge on any atom is -0.496 e. The summed E-state index contributed by atoms with van der Waals surface area (Å²) in [7, 11) is 7.73. The Kier molecular flexibility index (Phi) is 9.43. The van der Waals surface area contributed by atoms with Crippen molar-refractivity contribution in [3.63, 3.8) is 0 Å². The molecule has 5 nitrogen and oxygen atoms in total. The second kappa shape index (κ2) is 10.8. The van der Waals surface area contributed by atoms with Gasteiger partial charge in [0.05, 0.1) is 13.2 Å². The van der Waals surface area contributed by atoms with Gasteiger partial charge in [-0.15, -0.1) is 24.0 Å². The van der Waals surface area contributed by atoms with Crippen molar-refractivity contribution in [1.29, 1.82) is 0 Å². The molecule has 0 radical (unpaired) electrons. The highest BCUT2D eigenvalue weighted by Crippen LogP contribution is 2.27. The molecule has 0 spiro atoms. The second-order valence-electron chi connectivity index (χ2n) is 6.30. The van der Waals surface area contributed by atoms with Gasteiger partial charge in [-0.1, -0.05) is 31.0 Å². The van der Waals surface area contributed by atoms with Gasteiger partial charge in [0.15, 0.2) is 5.96 Å². The predicted molar refractivity (Wildman–Crippen MR) is 112 cm³/mol. The van der Waals surface area contributed by atoms with Crippen LogP contribution < -0.4 is 15.4 Å². The van der Waals surface area contributed by atoms with E-state index in [4.69, 9.17) is 4.74 Å². The van der Waals surface area contributed by atoms with Crippen LogP contribution in [0.2, 0.25) is 0 Å². The van der Waals surface area contributed by atoms with Crippen LogP contribution in [0.1, 0.15) is 37.3 Å². The molecule has 1 aromatic rings. The van der Waals surface area contributed by atoms with Crippen LogP contribution in [0.5, 0.6) is 5.75 Å². The van der Waals surface area contributed by atoms with Crippen LogP contribution >= 0.6 is 24.0 Å². The lowest BCUT2D eigenvalue weighted by molar-refractivity contribution is 0.287. The Bertz CT molecular complexity index is 515. The molecule has 0 bridgehead atoms. The third-order valence-electron chi connectivity index (χ3n) is 4.50. The van der Waals surface area contributed by atoms with Crippen LogP contribution in [0, 0.1) is 0 Å². The van der Waals surface area contributed by atoms with E-state index < -0.39 is 0 Å². The van der Waals surface area contributed by atoms with Crippen molar-refractivity contribution in [3.8, 4) is 5.75 Å². The minimum absolute atomic E-state index is 0. The van der Waals surface area contributed by atoms with E-state index in [0.29, 0.717) is 6.04 Å². The molecule has 6 heteroatoms. The van der Waals surface area contributed by atoms with Crippen LogP contribution in [0.3, 0.4) is 0 Å². The number of nitrogens with zero attached hydrogens (tertiary/aromatic N) is 2. The van der Waals surface area contributed by atoms with Crippen molar-refractivity contribution in [2.24, 2.45) is 4.99 Å². The topological polar surface area (TPSA) is 48.9 Å². The van der Waals surface area contributed by atoms with Gasteiger partial charge in [0, 0.05) is 25.2 Å². The lowest BCUT2D eigenvalue weighted by Crippen LogP contribution is -2.45. The smallest absolute Gasteiger partial charge is 0.191 e. The molecule has 0 amide bonds. The van der Waals surface area contributed by atoms with Gasteiger partial charge in [0.1, 0.15) is 5.75 Å². The number of para-hydroxylation sites is 1. The molecule has 1 saturated carbocycles. The lowest BCUT2D eigenvalue weighted by Gasteiger charge is -2.27. The normalized spacial score (nSPS) is 16.6. The number of halogens is 1. The number of hydrogen-bond donors (Lipinski definition) is 2. The van der Waals surface area contributed by atoms with Gasteiger partial charge in [-0.05, 0) is 33.0 Å². The SMILES string of the molecule is CN=C(NCC(c1ccccc1OC)N(C)C)NC1CCCC1.I. The van der Waals surface area contributed by atoms with Crippen molar-refractivity contribution >= 4 is 29.9 Å². The fraction of sp³-hybridized carbons (Fsp3) is 0.611. The molecule has 2 rings (SSSR count). The summed E-state index contributed by atoms with van der Waals surface area (Å²) < 4.78 is 5.52. The van der Waals surface area contributed by atoms with E-state index in [1.165, 1.54) is 31.2 Å². The number of methoxy groups -OCH3 is 1. The van der Waals surface area contributed by atoms with Crippen LogP contribution in [0.4, 0.5) is 0 Å². The summed E-state index contributed by atoms with van der Waals surface area (Å²) in [5, 5.41) is 7.00. The van der Waals surface area contributed by atoms with Crippen LogP contribution in [0.25, 0.3) is 0 Å². The van der Waals surface area contributed by atoms with E-state index in [9.17, 15) is 0 Å². The molecule has 24 heavy (non-hydrogen) atoms. The molecule has 1 atom stereocenters. The van der Waals surface area contributed by atoms with Crippen LogP contribution in [-0.2, 0) is 0 Å². The van der Waals surface area contributed by atoms with E-state index >= 15 is 0 Å². The highest BCUT2D eigenvalue weighted by Gasteiger charge is 2.20. The largest absolute Gasteiger partial charge is 0.496 e. The van der Waals surface area contributed by atoms with Gasteiger partial charge in [0.25, 0.3) is 0 Å². The Morgan fingerprint density at radius 3 is 2.54 bits per heavy atom. The number of hydrogen-bond acceptors (Lipinski definition) is 3. The van der Waals surface area contributed by atoms with Gasteiger partial charge in [-0.3, -0.25) is 4.99 Å². The van der Waals surface area contributed by atoms with Crippen molar-refractivity contribution in [3.05, 3.63) is 29.8 Å². The maximum absolute atomic E-state index is 5.52. The molecular formula is C18H31IN4O. The van der Waals surface area contributed by atoms with Crippen molar-refractivity contribution in [2.75, 3.05) is 34.8 Å². The third-order valence-corrected chi connectivity index (χ3v) is 4.50. The quantitative estimate of drug-likeness (QED) is 0.401. The molecule has 0 saturated heterocycles. The number of nitrogens with one attached hydrogen (secondary N) is 2. The highest BCUT2D eigenvalue weighted by molar-refractivity contribution is 14.0. The molecule has 2 N–H and O–H groups in total. The molecule has 0 aromatic heterocycles. The molecule has 136 valence electrons. The summed E-state index contributed by atoms with van der Waals surface area (Å²) in [4.78, 5) is 6.57. The Balaban J connectivity index is 0.00000288. The summed E-state index contributed by atoms with van der Waals surface area (Å²) in [6.45, 7) is 0.778. The van der Waals surface area contributed by atoms with Gasteiger partial charge < -0.3 is 20.3 Å².